The minimum absolute atomic E-state index is 0.339. The van der Waals surface area contributed by atoms with Crippen molar-refractivity contribution in [2.75, 3.05) is 39.3 Å². The van der Waals surface area contributed by atoms with E-state index in [-0.39, 0.29) is 0 Å². The van der Waals surface area contributed by atoms with Gasteiger partial charge in [0.25, 0.3) is 0 Å². The number of rotatable bonds is 2. The smallest absolute Gasteiger partial charge is 0.236 e. The van der Waals surface area contributed by atoms with Crippen LogP contribution in [0.5, 0.6) is 0 Å². The fourth-order valence-corrected chi connectivity index (χ4v) is 2.89. The summed E-state index contributed by atoms with van der Waals surface area (Å²) in [6.07, 6.45) is 6.28. The lowest BCUT2D eigenvalue weighted by molar-refractivity contribution is -0.133. The Labute approximate surface area is 111 Å². The first-order valence-corrected chi connectivity index (χ1v) is 7.50. The van der Waals surface area contributed by atoms with Crippen molar-refractivity contribution >= 4 is 5.91 Å². The predicted octanol–water partition coefficient (Wildman–Crippen LogP) is 1.07. The van der Waals surface area contributed by atoms with Crippen LogP contribution in [0, 0.1) is 0 Å². The SMILES string of the molecule is C[C@H]1CNCCN1CC(=O)N1CCCCCCC1. The Balaban J connectivity index is 1.81. The largest absolute Gasteiger partial charge is 0.342 e. The first-order chi connectivity index (χ1) is 8.77. The Morgan fingerprint density at radius 1 is 1.11 bits per heavy atom. The molecular formula is C14H27N3O. The van der Waals surface area contributed by atoms with Gasteiger partial charge in [-0.1, -0.05) is 19.3 Å². The molecule has 4 nitrogen and oxygen atoms in total. The number of carbonyl (C=O) groups is 1. The molecule has 2 rings (SSSR count). The van der Waals surface area contributed by atoms with Gasteiger partial charge in [-0.25, -0.2) is 0 Å². The highest BCUT2D eigenvalue weighted by atomic mass is 16.2. The average molecular weight is 253 g/mol. The monoisotopic (exact) mass is 253 g/mol. The number of hydrogen-bond acceptors (Lipinski definition) is 3. The molecular weight excluding hydrogens is 226 g/mol. The van der Waals surface area contributed by atoms with Crippen LogP contribution in [0.15, 0.2) is 0 Å². The molecule has 0 aromatic heterocycles. The van der Waals surface area contributed by atoms with Gasteiger partial charge in [0.2, 0.25) is 5.91 Å². The highest BCUT2D eigenvalue weighted by Crippen LogP contribution is 2.11. The van der Waals surface area contributed by atoms with Crippen LogP contribution < -0.4 is 5.32 Å². The van der Waals surface area contributed by atoms with Gasteiger partial charge in [0, 0.05) is 38.8 Å². The number of amides is 1. The summed E-state index contributed by atoms with van der Waals surface area (Å²) >= 11 is 0. The minimum atomic E-state index is 0.339. The lowest BCUT2D eigenvalue weighted by atomic mass is 10.1. The van der Waals surface area contributed by atoms with Crippen molar-refractivity contribution in [3.63, 3.8) is 0 Å². The topological polar surface area (TPSA) is 35.6 Å². The van der Waals surface area contributed by atoms with Crippen LogP contribution in [0.25, 0.3) is 0 Å². The third-order valence-corrected chi connectivity index (χ3v) is 4.19. The van der Waals surface area contributed by atoms with E-state index in [1.165, 1.54) is 32.1 Å². The summed E-state index contributed by atoms with van der Waals surface area (Å²) in [5, 5.41) is 3.37. The summed E-state index contributed by atoms with van der Waals surface area (Å²) in [7, 11) is 0. The number of nitrogens with one attached hydrogen (secondary N) is 1. The van der Waals surface area contributed by atoms with Gasteiger partial charge >= 0.3 is 0 Å². The Morgan fingerprint density at radius 3 is 2.44 bits per heavy atom. The van der Waals surface area contributed by atoms with Crippen LogP contribution in [0.1, 0.15) is 39.0 Å². The molecule has 4 heteroatoms. The van der Waals surface area contributed by atoms with Crippen LogP contribution in [0.2, 0.25) is 0 Å². The van der Waals surface area contributed by atoms with E-state index in [4.69, 9.17) is 0 Å². The van der Waals surface area contributed by atoms with Gasteiger partial charge in [-0.15, -0.1) is 0 Å². The van der Waals surface area contributed by atoms with Crippen molar-refractivity contribution < 1.29 is 4.79 Å². The summed E-state index contributed by atoms with van der Waals surface area (Å²) in [4.78, 5) is 16.7. The van der Waals surface area contributed by atoms with Crippen molar-refractivity contribution in [3.05, 3.63) is 0 Å². The van der Waals surface area contributed by atoms with Gasteiger partial charge < -0.3 is 10.2 Å². The van der Waals surface area contributed by atoms with Crippen LogP contribution in [0.4, 0.5) is 0 Å². The van der Waals surface area contributed by atoms with Gasteiger partial charge in [-0.2, -0.15) is 0 Å². The molecule has 1 atom stereocenters. The molecule has 0 spiro atoms. The van der Waals surface area contributed by atoms with Gasteiger partial charge in [-0.05, 0) is 19.8 Å². The lowest BCUT2D eigenvalue weighted by Gasteiger charge is -2.35. The zero-order chi connectivity index (χ0) is 12.8. The molecule has 0 aliphatic carbocycles. The van der Waals surface area contributed by atoms with E-state index in [1.54, 1.807) is 0 Å². The Morgan fingerprint density at radius 2 is 1.78 bits per heavy atom. The van der Waals surface area contributed by atoms with Crippen molar-refractivity contribution in [3.8, 4) is 0 Å². The van der Waals surface area contributed by atoms with E-state index in [1.807, 2.05) is 0 Å². The average Bonchev–Trinajstić information content (AvgIpc) is 2.31. The molecule has 18 heavy (non-hydrogen) atoms. The Kier molecular flexibility index (Phi) is 5.45. The van der Waals surface area contributed by atoms with Crippen LogP contribution in [0.3, 0.4) is 0 Å². The van der Waals surface area contributed by atoms with E-state index < -0.39 is 0 Å². The fourth-order valence-electron chi connectivity index (χ4n) is 2.89. The predicted molar refractivity (Wildman–Crippen MR) is 73.6 cm³/mol. The second kappa shape index (κ2) is 7.10. The van der Waals surface area contributed by atoms with E-state index >= 15 is 0 Å². The second-order valence-corrected chi connectivity index (χ2v) is 5.67. The van der Waals surface area contributed by atoms with Crippen molar-refractivity contribution in [2.45, 2.75) is 45.1 Å². The normalized spacial score (nSPS) is 27.6. The number of piperazine rings is 1. The van der Waals surface area contributed by atoms with Crippen LogP contribution >= 0.6 is 0 Å². The Hall–Kier alpha value is -0.610. The van der Waals surface area contributed by atoms with Crippen molar-refractivity contribution in [1.82, 2.24) is 15.1 Å². The maximum atomic E-state index is 12.3. The van der Waals surface area contributed by atoms with Crippen molar-refractivity contribution in [2.24, 2.45) is 0 Å². The first kappa shape index (κ1) is 13.8. The summed E-state index contributed by atoms with van der Waals surface area (Å²) in [5.74, 6) is 0.339. The molecule has 2 aliphatic heterocycles. The second-order valence-electron chi connectivity index (χ2n) is 5.67. The van der Waals surface area contributed by atoms with Gasteiger partial charge in [0.05, 0.1) is 6.54 Å². The van der Waals surface area contributed by atoms with Gasteiger partial charge in [0.15, 0.2) is 0 Å². The number of hydrogen-bond donors (Lipinski definition) is 1. The maximum Gasteiger partial charge on any atom is 0.236 e. The molecule has 104 valence electrons. The summed E-state index contributed by atoms with van der Waals surface area (Å²) in [5.41, 5.74) is 0. The quantitative estimate of drug-likeness (QED) is 0.800. The Bertz CT molecular complexity index is 262. The van der Waals surface area contributed by atoms with E-state index in [9.17, 15) is 4.79 Å². The molecule has 0 unspecified atom stereocenters. The third-order valence-electron chi connectivity index (χ3n) is 4.19. The highest BCUT2D eigenvalue weighted by Gasteiger charge is 2.23. The molecule has 2 heterocycles. The molecule has 2 aliphatic rings. The van der Waals surface area contributed by atoms with E-state index in [2.05, 4.69) is 22.0 Å². The molecule has 1 N–H and O–H groups in total. The standard InChI is InChI=1S/C14H27N3O/c1-13-11-15-7-10-17(13)12-14(18)16-8-5-3-2-4-6-9-16/h13,15H,2-12H2,1H3/t13-/m0/s1. The van der Waals surface area contributed by atoms with E-state index in [0.29, 0.717) is 18.5 Å². The zero-order valence-corrected chi connectivity index (χ0v) is 11.7. The maximum absolute atomic E-state index is 12.3. The molecule has 2 saturated heterocycles. The molecule has 0 radical (unpaired) electrons. The van der Waals surface area contributed by atoms with Gasteiger partial charge in [-0.3, -0.25) is 9.69 Å². The molecule has 1 amide bonds. The number of carbonyl (C=O) groups excluding carboxylic acids is 1. The summed E-state index contributed by atoms with van der Waals surface area (Å²) in [6.45, 7) is 7.78. The minimum Gasteiger partial charge on any atom is -0.342 e. The molecule has 0 bridgehead atoms. The van der Waals surface area contributed by atoms with Crippen LogP contribution in [-0.4, -0.2) is 61.0 Å². The van der Waals surface area contributed by atoms with Crippen molar-refractivity contribution in [1.29, 1.82) is 0 Å². The molecule has 0 aromatic carbocycles. The third kappa shape index (κ3) is 3.95. The molecule has 2 fully saturated rings. The highest BCUT2D eigenvalue weighted by molar-refractivity contribution is 5.78. The molecule has 0 aromatic rings. The molecule has 0 saturated carbocycles. The number of likely N-dealkylation sites (tertiary alicyclic amines) is 1. The first-order valence-electron chi connectivity index (χ1n) is 7.50. The fraction of sp³-hybridized carbons (Fsp3) is 0.929. The van der Waals surface area contributed by atoms with Gasteiger partial charge in [0.1, 0.15) is 0 Å². The van der Waals surface area contributed by atoms with Crippen LogP contribution in [-0.2, 0) is 4.79 Å². The lowest BCUT2D eigenvalue weighted by Crippen LogP contribution is -2.53. The summed E-state index contributed by atoms with van der Waals surface area (Å²) in [6, 6.07) is 0.484. The number of nitrogens with zero attached hydrogens (tertiary/aromatic N) is 2. The summed E-state index contributed by atoms with van der Waals surface area (Å²) < 4.78 is 0. The zero-order valence-electron chi connectivity index (χ0n) is 11.7. The van der Waals surface area contributed by atoms with E-state index in [0.717, 1.165) is 32.7 Å².